The summed E-state index contributed by atoms with van der Waals surface area (Å²) in [5, 5.41) is 0. The van der Waals surface area contributed by atoms with Crippen LogP contribution in [0.25, 0.3) is 11.1 Å². The average molecular weight is 249 g/mol. The number of rotatable bonds is 4. The average Bonchev–Trinajstić information content (AvgIpc) is 2.63. The number of likely N-dealkylation sites (N-methyl/N-ethyl adjacent to an activating group) is 1. The molecular weight excluding hydrogens is 230 g/mol. The van der Waals surface area contributed by atoms with E-state index in [1.165, 1.54) is 4.57 Å². The number of aromatic nitrogens is 1. The number of fused-ring (bicyclic) bond motifs is 1. The topological polar surface area (TPSA) is 64.4 Å². The van der Waals surface area contributed by atoms with Crippen LogP contribution in [0.15, 0.2) is 27.4 Å². The predicted molar refractivity (Wildman–Crippen MR) is 71.4 cm³/mol. The second kappa shape index (κ2) is 4.96. The Morgan fingerprint density at radius 3 is 2.89 bits per heavy atom. The first-order chi connectivity index (χ1) is 8.52. The van der Waals surface area contributed by atoms with Crippen LogP contribution in [-0.2, 0) is 13.6 Å². The Hall–Kier alpha value is -1.59. The molecule has 0 aliphatic carbocycles. The number of oxazole rings is 1. The van der Waals surface area contributed by atoms with Gasteiger partial charge in [0.05, 0.1) is 5.52 Å². The van der Waals surface area contributed by atoms with Crippen LogP contribution in [-0.4, -0.2) is 29.1 Å². The molecule has 1 heterocycles. The summed E-state index contributed by atoms with van der Waals surface area (Å²) in [6.45, 7) is 3.49. The lowest BCUT2D eigenvalue weighted by atomic mass is 10.1. The minimum Gasteiger partial charge on any atom is -0.408 e. The molecule has 0 radical (unpaired) electrons. The van der Waals surface area contributed by atoms with E-state index in [1.54, 1.807) is 7.05 Å². The summed E-state index contributed by atoms with van der Waals surface area (Å²) in [6.07, 6.45) is 0. The third kappa shape index (κ3) is 2.32. The van der Waals surface area contributed by atoms with Gasteiger partial charge in [0.2, 0.25) is 0 Å². The van der Waals surface area contributed by atoms with Gasteiger partial charge in [-0.3, -0.25) is 9.47 Å². The molecule has 0 aliphatic heterocycles. The molecule has 2 N–H and O–H groups in total. The molecule has 0 spiro atoms. The zero-order valence-electron chi connectivity index (χ0n) is 11.0. The van der Waals surface area contributed by atoms with E-state index in [1.807, 2.05) is 25.2 Å². The van der Waals surface area contributed by atoms with E-state index in [2.05, 4.69) is 11.8 Å². The molecule has 0 bridgehead atoms. The van der Waals surface area contributed by atoms with Crippen molar-refractivity contribution < 1.29 is 4.42 Å². The van der Waals surface area contributed by atoms with Gasteiger partial charge in [0.25, 0.3) is 0 Å². The van der Waals surface area contributed by atoms with Gasteiger partial charge >= 0.3 is 5.76 Å². The molecule has 2 rings (SSSR count). The van der Waals surface area contributed by atoms with Crippen LogP contribution in [0, 0.1) is 0 Å². The van der Waals surface area contributed by atoms with Gasteiger partial charge in [-0.2, -0.15) is 0 Å². The van der Waals surface area contributed by atoms with Crippen molar-refractivity contribution in [3.05, 3.63) is 34.3 Å². The smallest absolute Gasteiger partial charge is 0.408 e. The van der Waals surface area contributed by atoms with E-state index in [-0.39, 0.29) is 5.76 Å². The van der Waals surface area contributed by atoms with E-state index in [0.717, 1.165) is 17.6 Å². The third-order valence-electron chi connectivity index (χ3n) is 3.38. The molecule has 0 aliphatic rings. The minimum atomic E-state index is -0.328. The summed E-state index contributed by atoms with van der Waals surface area (Å²) in [5.74, 6) is -0.328. The van der Waals surface area contributed by atoms with Crippen molar-refractivity contribution in [1.82, 2.24) is 9.47 Å². The van der Waals surface area contributed by atoms with Crippen LogP contribution in [0.2, 0.25) is 0 Å². The van der Waals surface area contributed by atoms with Crippen LogP contribution in [0.5, 0.6) is 0 Å². The van der Waals surface area contributed by atoms with Crippen molar-refractivity contribution in [2.75, 3.05) is 13.6 Å². The lowest BCUT2D eigenvalue weighted by Gasteiger charge is -2.23. The fourth-order valence-electron chi connectivity index (χ4n) is 1.90. The highest BCUT2D eigenvalue weighted by Crippen LogP contribution is 2.15. The zero-order chi connectivity index (χ0) is 13.3. The molecule has 0 saturated heterocycles. The Morgan fingerprint density at radius 1 is 1.50 bits per heavy atom. The Morgan fingerprint density at radius 2 is 2.22 bits per heavy atom. The maximum atomic E-state index is 11.4. The number of nitrogens with two attached hydrogens (primary N) is 1. The lowest BCUT2D eigenvalue weighted by Crippen LogP contribution is -2.34. The first-order valence-corrected chi connectivity index (χ1v) is 6.01. The SMILES string of the molecule is CC(CN)N(C)Cc1ccc2c(c1)oc(=O)n2C. The molecule has 1 unspecified atom stereocenters. The molecule has 1 aromatic carbocycles. The van der Waals surface area contributed by atoms with E-state index in [9.17, 15) is 4.79 Å². The molecule has 5 nitrogen and oxygen atoms in total. The van der Waals surface area contributed by atoms with Gasteiger partial charge < -0.3 is 10.2 Å². The van der Waals surface area contributed by atoms with Gasteiger partial charge in [-0.15, -0.1) is 0 Å². The molecule has 1 aromatic heterocycles. The number of nitrogens with zero attached hydrogens (tertiary/aromatic N) is 2. The highest BCUT2D eigenvalue weighted by molar-refractivity contribution is 5.73. The summed E-state index contributed by atoms with van der Waals surface area (Å²) in [4.78, 5) is 13.6. The Bertz CT molecular complexity index is 600. The van der Waals surface area contributed by atoms with Crippen LogP contribution < -0.4 is 11.5 Å². The number of benzene rings is 1. The normalized spacial score (nSPS) is 13.4. The molecule has 18 heavy (non-hydrogen) atoms. The van der Waals surface area contributed by atoms with E-state index < -0.39 is 0 Å². The molecular formula is C13H19N3O2. The van der Waals surface area contributed by atoms with Gasteiger partial charge in [0.15, 0.2) is 5.58 Å². The van der Waals surface area contributed by atoms with E-state index in [4.69, 9.17) is 10.2 Å². The molecule has 0 amide bonds. The number of hydrogen-bond acceptors (Lipinski definition) is 4. The van der Waals surface area contributed by atoms with Crippen LogP contribution >= 0.6 is 0 Å². The third-order valence-corrected chi connectivity index (χ3v) is 3.38. The molecule has 5 heteroatoms. The largest absolute Gasteiger partial charge is 0.419 e. The highest BCUT2D eigenvalue weighted by atomic mass is 16.4. The molecule has 98 valence electrons. The molecule has 2 aromatic rings. The quantitative estimate of drug-likeness (QED) is 0.874. The maximum Gasteiger partial charge on any atom is 0.419 e. The Labute approximate surface area is 106 Å². The van der Waals surface area contributed by atoms with Gasteiger partial charge in [-0.1, -0.05) is 6.07 Å². The fraction of sp³-hybridized carbons (Fsp3) is 0.462. The van der Waals surface area contributed by atoms with E-state index >= 15 is 0 Å². The molecule has 1 atom stereocenters. The van der Waals surface area contributed by atoms with Gasteiger partial charge in [-0.05, 0) is 31.7 Å². The molecule has 0 fully saturated rings. The van der Waals surface area contributed by atoms with E-state index in [0.29, 0.717) is 18.2 Å². The second-order valence-electron chi connectivity index (χ2n) is 4.73. The fourth-order valence-corrected chi connectivity index (χ4v) is 1.90. The van der Waals surface area contributed by atoms with Crippen molar-refractivity contribution in [2.24, 2.45) is 12.8 Å². The first kappa shape index (κ1) is 12.9. The highest BCUT2D eigenvalue weighted by Gasteiger charge is 2.10. The number of hydrogen-bond donors (Lipinski definition) is 1. The molecule has 0 saturated carbocycles. The van der Waals surface area contributed by atoms with Crippen LogP contribution in [0.4, 0.5) is 0 Å². The van der Waals surface area contributed by atoms with Crippen LogP contribution in [0.1, 0.15) is 12.5 Å². The maximum absolute atomic E-state index is 11.4. The summed E-state index contributed by atoms with van der Waals surface area (Å²) >= 11 is 0. The predicted octanol–water partition coefficient (Wildman–Crippen LogP) is 0.910. The lowest BCUT2D eigenvalue weighted by molar-refractivity contribution is 0.255. The summed E-state index contributed by atoms with van der Waals surface area (Å²) in [5.41, 5.74) is 8.20. The van der Waals surface area contributed by atoms with Gasteiger partial charge in [-0.25, -0.2) is 4.79 Å². The standard InChI is InChI=1S/C13H19N3O2/c1-9(7-14)15(2)8-10-4-5-11-12(6-10)18-13(17)16(11)3/h4-6,9H,7-8,14H2,1-3H3. The summed E-state index contributed by atoms with van der Waals surface area (Å²) in [6, 6.07) is 6.16. The monoisotopic (exact) mass is 249 g/mol. The second-order valence-corrected chi connectivity index (χ2v) is 4.73. The van der Waals surface area contributed by atoms with Crippen molar-refractivity contribution in [3.8, 4) is 0 Å². The zero-order valence-corrected chi connectivity index (χ0v) is 11.0. The Balaban J connectivity index is 2.28. The number of aryl methyl sites for hydroxylation is 1. The van der Waals surface area contributed by atoms with Crippen molar-refractivity contribution >= 4 is 11.1 Å². The first-order valence-electron chi connectivity index (χ1n) is 6.01. The van der Waals surface area contributed by atoms with Crippen molar-refractivity contribution in [1.29, 1.82) is 0 Å². The van der Waals surface area contributed by atoms with Crippen molar-refractivity contribution in [2.45, 2.75) is 19.5 Å². The minimum absolute atomic E-state index is 0.323. The Kier molecular flexibility index (Phi) is 3.54. The van der Waals surface area contributed by atoms with Crippen LogP contribution in [0.3, 0.4) is 0 Å². The summed E-state index contributed by atoms with van der Waals surface area (Å²) < 4.78 is 6.68. The summed E-state index contributed by atoms with van der Waals surface area (Å²) in [7, 11) is 3.74. The van der Waals surface area contributed by atoms with Crippen molar-refractivity contribution in [3.63, 3.8) is 0 Å². The van der Waals surface area contributed by atoms with Gasteiger partial charge in [0.1, 0.15) is 0 Å². The van der Waals surface area contributed by atoms with Gasteiger partial charge in [0, 0.05) is 26.2 Å².